The number of rotatable bonds is 13. The van der Waals surface area contributed by atoms with Gasteiger partial charge in [0.15, 0.2) is 0 Å². The third-order valence-corrected chi connectivity index (χ3v) is 10.4. The van der Waals surface area contributed by atoms with Crippen molar-refractivity contribution in [3.8, 4) is 45.1 Å². The number of hydrogen-bond acceptors (Lipinski definition) is 6. The van der Waals surface area contributed by atoms with Crippen LogP contribution >= 0.6 is 23.2 Å². The molecule has 10 heteroatoms. The van der Waals surface area contributed by atoms with Crippen molar-refractivity contribution in [2.75, 3.05) is 20.8 Å². The molecule has 256 valence electrons. The number of pyridine rings is 1. The van der Waals surface area contributed by atoms with E-state index in [9.17, 15) is 9.59 Å². The first-order valence-corrected chi connectivity index (χ1v) is 17.5. The van der Waals surface area contributed by atoms with Crippen LogP contribution in [0.25, 0.3) is 33.5 Å². The van der Waals surface area contributed by atoms with Crippen LogP contribution in [-0.2, 0) is 22.6 Å². The molecule has 1 saturated heterocycles. The number of aryl methyl sites for hydroxylation is 1. The van der Waals surface area contributed by atoms with Crippen LogP contribution in [0.4, 0.5) is 4.39 Å². The molecule has 2 aliphatic rings. The van der Waals surface area contributed by atoms with Crippen LogP contribution in [-0.4, -0.2) is 43.5 Å². The Bertz CT molecular complexity index is 1870. The predicted molar refractivity (Wildman–Crippen MR) is 192 cm³/mol. The van der Waals surface area contributed by atoms with Gasteiger partial charge in [-0.1, -0.05) is 65.7 Å². The van der Waals surface area contributed by atoms with Crippen LogP contribution in [0.1, 0.15) is 56.1 Å². The Morgan fingerprint density at radius 3 is 2.33 bits per heavy atom. The summed E-state index contributed by atoms with van der Waals surface area (Å²) >= 11 is 14.1. The maximum Gasteiger partial charge on any atom is 0.220 e. The van der Waals surface area contributed by atoms with E-state index < -0.39 is 5.82 Å². The average Bonchev–Trinajstić information content (AvgIpc) is 3.72. The number of carbonyl (C=O) groups excluding carboxylic acids is 2. The smallest absolute Gasteiger partial charge is 0.220 e. The molecule has 1 aliphatic heterocycles. The van der Waals surface area contributed by atoms with E-state index in [0.717, 1.165) is 43.2 Å². The molecule has 49 heavy (non-hydrogen) atoms. The minimum absolute atomic E-state index is 0.128. The molecule has 0 radical (unpaired) electrons. The first-order valence-electron chi connectivity index (χ1n) is 16.8. The lowest BCUT2D eigenvalue weighted by atomic mass is 9.95. The van der Waals surface area contributed by atoms with Gasteiger partial charge in [0.1, 0.15) is 17.3 Å². The second-order valence-electron chi connectivity index (χ2n) is 12.8. The van der Waals surface area contributed by atoms with Gasteiger partial charge in [0.2, 0.25) is 11.8 Å². The van der Waals surface area contributed by atoms with Crippen molar-refractivity contribution in [3.63, 3.8) is 0 Å². The van der Waals surface area contributed by atoms with Gasteiger partial charge in [-0.3, -0.25) is 9.59 Å². The Balaban J connectivity index is 1.22. The molecule has 1 saturated carbocycles. The van der Waals surface area contributed by atoms with Gasteiger partial charge < -0.3 is 20.1 Å². The lowest BCUT2D eigenvalue weighted by molar-refractivity contribution is -0.119. The van der Waals surface area contributed by atoms with Crippen molar-refractivity contribution in [2.24, 2.45) is 5.92 Å². The lowest BCUT2D eigenvalue weighted by Crippen LogP contribution is -2.25. The molecule has 1 aliphatic carbocycles. The number of nitrogens with one attached hydrogen (secondary N) is 2. The number of amides is 1. The van der Waals surface area contributed by atoms with Gasteiger partial charge in [-0.25, -0.2) is 9.37 Å². The number of halogens is 3. The zero-order valence-corrected chi connectivity index (χ0v) is 29.2. The van der Waals surface area contributed by atoms with E-state index in [0.29, 0.717) is 81.0 Å². The van der Waals surface area contributed by atoms with Gasteiger partial charge in [0.25, 0.3) is 0 Å². The summed E-state index contributed by atoms with van der Waals surface area (Å²) in [5, 5.41) is 7.23. The molecule has 4 aromatic rings. The number of methoxy groups -OCH3 is 2. The van der Waals surface area contributed by atoms with Gasteiger partial charge in [-0.2, -0.15) is 0 Å². The number of benzene rings is 3. The summed E-state index contributed by atoms with van der Waals surface area (Å²) in [5.74, 6) is 1.26. The molecule has 1 aromatic heterocycles. The fourth-order valence-corrected chi connectivity index (χ4v) is 7.57. The Morgan fingerprint density at radius 2 is 1.65 bits per heavy atom. The van der Waals surface area contributed by atoms with Crippen LogP contribution in [0.15, 0.2) is 60.7 Å². The maximum absolute atomic E-state index is 15.6. The highest BCUT2D eigenvalue weighted by Crippen LogP contribution is 2.43. The molecule has 0 unspecified atom stereocenters. The fourth-order valence-electron chi connectivity index (χ4n) is 6.91. The third kappa shape index (κ3) is 7.93. The minimum Gasteiger partial charge on any atom is -0.496 e. The minimum atomic E-state index is -0.403. The molecular weight excluding hydrogens is 664 g/mol. The first kappa shape index (κ1) is 34.9. The summed E-state index contributed by atoms with van der Waals surface area (Å²) in [6, 6.07) is 18.8. The van der Waals surface area contributed by atoms with E-state index in [-0.39, 0.29) is 30.2 Å². The number of ketones is 1. The van der Waals surface area contributed by atoms with Crippen molar-refractivity contribution in [1.82, 2.24) is 15.6 Å². The topological polar surface area (TPSA) is 89.6 Å². The highest BCUT2D eigenvalue weighted by molar-refractivity contribution is 6.39. The SMILES string of the molecule is COc1cc(-c2cccc(-c3cccc(-c4ccc(CCC[C@@H]5CCC(=O)N5)c(OC)n4)c3Cl)c2Cl)cc(F)c1CNC[C@@H]1CCC(=O)C1. The van der Waals surface area contributed by atoms with E-state index in [1.807, 2.05) is 48.5 Å². The van der Waals surface area contributed by atoms with Gasteiger partial charge >= 0.3 is 0 Å². The summed E-state index contributed by atoms with van der Waals surface area (Å²) in [6.45, 7) is 0.939. The second kappa shape index (κ2) is 15.7. The molecular formula is C39H40Cl2FN3O4. The molecule has 2 atom stereocenters. The van der Waals surface area contributed by atoms with Crippen LogP contribution < -0.4 is 20.1 Å². The number of nitrogens with zero attached hydrogens (tertiary/aromatic N) is 1. The summed E-state index contributed by atoms with van der Waals surface area (Å²) in [6.07, 6.45) is 6.16. The highest BCUT2D eigenvalue weighted by Gasteiger charge is 2.23. The third-order valence-electron chi connectivity index (χ3n) is 9.55. The highest BCUT2D eigenvalue weighted by atomic mass is 35.5. The quantitative estimate of drug-likeness (QED) is 0.145. The second-order valence-corrected chi connectivity index (χ2v) is 13.6. The van der Waals surface area contributed by atoms with Crippen molar-refractivity contribution >= 4 is 34.9 Å². The summed E-state index contributed by atoms with van der Waals surface area (Å²) in [4.78, 5) is 28.0. The molecule has 3 aromatic carbocycles. The van der Waals surface area contributed by atoms with E-state index in [1.165, 1.54) is 13.2 Å². The molecule has 0 bridgehead atoms. The zero-order chi connectivity index (χ0) is 34.5. The van der Waals surface area contributed by atoms with Gasteiger partial charge in [-0.05, 0) is 68.3 Å². The van der Waals surface area contributed by atoms with Crippen molar-refractivity contribution in [3.05, 3.63) is 87.7 Å². The number of carbonyl (C=O) groups is 2. The van der Waals surface area contributed by atoms with E-state index in [1.54, 1.807) is 13.2 Å². The lowest BCUT2D eigenvalue weighted by Gasteiger charge is -2.17. The molecule has 6 rings (SSSR count). The van der Waals surface area contributed by atoms with Gasteiger partial charge in [0.05, 0.1) is 30.0 Å². The fraction of sp³-hybridized carbons (Fsp3) is 0.359. The van der Waals surface area contributed by atoms with Crippen LogP contribution in [0.5, 0.6) is 11.6 Å². The Hall–Kier alpha value is -3.98. The van der Waals surface area contributed by atoms with Crippen molar-refractivity contribution in [1.29, 1.82) is 0 Å². The van der Waals surface area contributed by atoms with Crippen molar-refractivity contribution < 1.29 is 23.5 Å². The monoisotopic (exact) mass is 703 g/mol. The Kier molecular flexibility index (Phi) is 11.2. The number of hydrogen-bond donors (Lipinski definition) is 2. The average molecular weight is 705 g/mol. The van der Waals surface area contributed by atoms with Crippen molar-refractivity contribution in [2.45, 2.75) is 64.0 Å². The van der Waals surface area contributed by atoms with Crippen LogP contribution in [0.2, 0.25) is 10.0 Å². The molecule has 1 amide bonds. The molecule has 2 heterocycles. The normalized spacial score (nSPS) is 17.4. The first-order chi connectivity index (χ1) is 23.7. The van der Waals surface area contributed by atoms with E-state index in [2.05, 4.69) is 10.6 Å². The number of Topliss-reactive ketones (excluding diaryl/α,β-unsaturated/α-hetero) is 1. The zero-order valence-electron chi connectivity index (χ0n) is 27.7. The molecule has 2 N–H and O–H groups in total. The number of aromatic nitrogens is 1. The van der Waals surface area contributed by atoms with E-state index in [4.69, 9.17) is 37.7 Å². The van der Waals surface area contributed by atoms with Gasteiger partial charge in [0, 0.05) is 65.2 Å². The van der Waals surface area contributed by atoms with Crippen LogP contribution in [0, 0.1) is 11.7 Å². The molecule has 0 spiro atoms. The summed E-state index contributed by atoms with van der Waals surface area (Å²) < 4.78 is 26.9. The largest absolute Gasteiger partial charge is 0.496 e. The Morgan fingerprint density at radius 1 is 0.918 bits per heavy atom. The predicted octanol–water partition coefficient (Wildman–Crippen LogP) is 8.61. The van der Waals surface area contributed by atoms with E-state index >= 15 is 4.39 Å². The molecule has 7 nitrogen and oxygen atoms in total. The standard InChI is InChI=1S/C39H40Cl2FN3O4/c1-48-35-20-25(19-33(42)32(35)22-43-21-23-12-15-27(46)18-23)28-8-4-9-29(37(28)40)30-10-5-11-31(38(30)41)34-16-13-24(39(45-34)49-2)6-3-7-26-14-17-36(47)44-26/h4-5,8-11,13,16,19-20,23,26,43H,3,6-7,12,14-15,17-18,21-22H2,1-2H3,(H,44,47)/t23-,26-/m1/s1. The number of ether oxygens (including phenoxy) is 2. The van der Waals surface area contributed by atoms with Crippen LogP contribution in [0.3, 0.4) is 0 Å². The maximum atomic E-state index is 15.6. The molecule has 2 fully saturated rings. The summed E-state index contributed by atoms with van der Waals surface area (Å²) in [7, 11) is 3.13. The van der Waals surface area contributed by atoms with Gasteiger partial charge in [-0.15, -0.1) is 0 Å². The Labute approximate surface area is 296 Å². The summed E-state index contributed by atoms with van der Waals surface area (Å²) in [5.41, 5.74) is 5.45.